The first-order valence-corrected chi connectivity index (χ1v) is 10.5. The number of piperidine rings is 1. The third-order valence-electron chi connectivity index (χ3n) is 5.84. The van der Waals surface area contributed by atoms with E-state index >= 15 is 0 Å². The molecule has 2 aromatic carbocycles. The standard InChI is InChI=1S/C23H23N5O3/c29-20(14-19-23(30)24-17-8-4-5-9-18(17)31-19)28-12-10-16(11-13-28)22-25-21(26-27-22)15-6-2-1-3-7-15/h1-9,16,19H,10-14H2,(H,24,30)(H,25,26,27). The predicted octanol–water partition coefficient (Wildman–Crippen LogP) is 2.97. The number of nitrogens with one attached hydrogen (secondary N) is 2. The van der Waals surface area contributed by atoms with Gasteiger partial charge in [-0.2, -0.15) is 5.10 Å². The molecule has 31 heavy (non-hydrogen) atoms. The second-order valence-corrected chi connectivity index (χ2v) is 7.86. The van der Waals surface area contributed by atoms with Crippen LogP contribution in [0, 0.1) is 0 Å². The zero-order valence-corrected chi connectivity index (χ0v) is 17.0. The van der Waals surface area contributed by atoms with Gasteiger partial charge in [0.05, 0.1) is 12.1 Å². The second-order valence-electron chi connectivity index (χ2n) is 7.86. The summed E-state index contributed by atoms with van der Waals surface area (Å²) in [5, 5.41) is 10.2. The van der Waals surface area contributed by atoms with Gasteiger partial charge < -0.3 is 15.0 Å². The summed E-state index contributed by atoms with van der Waals surface area (Å²) >= 11 is 0. The lowest BCUT2D eigenvalue weighted by Gasteiger charge is -2.32. The highest BCUT2D eigenvalue weighted by atomic mass is 16.5. The molecule has 1 atom stereocenters. The first kappa shape index (κ1) is 19.3. The number of anilines is 1. The van der Waals surface area contributed by atoms with Crippen LogP contribution in [0.3, 0.4) is 0 Å². The van der Waals surface area contributed by atoms with Crippen molar-refractivity contribution in [2.75, 3.05) is 18.4 Å². The van der Waals surface area contributed by atoms with Gasteiger partial charge in [0.15, 0.2) is 11.9 Å². The van der Waals surface area contributed by atoms with E-state index in [1.165, 1.54) is 0 Å². The van der Waals surface area contributed by atoms with Crippen molar-refractivity contribution >= 4 is 17.5 Å². The number of ether oxygens (including phenoxy) is 1. The molecule has 0 radical (unpaired) electrons. The Morgan fingerprint density at radius 2 is 1.81 bits per heavy atom. The predicted molar refractivity (Wildman–Crippen MR) is 114 cm³/mol. The minimum Gasteiger partial charge on any atom is -0.478 e. The van der Waals surface area contributed by atoms with E-state index in [0.29, 0.717) is 30.4 Å². The van der Waals surface area contributed by atoms with Crippen molar-refractivity contribution in [1.29, 1.82) is 0 Å². The molecular formula is C23H23N5O3. The normalized spacial score (nSPS) is 18.8. The summed E-state index contributed by atoms with van der Waals surface area (Å²) < 4.78 is 5.76. The number of amides is 2. The molecule has 3 heterocycles. The summed E-state index contributed by atoms with van der Waals surface area (Å²) in [4.78, 5) is 31.6. The zero-order chi connectivity index (χ0) is 21.2. The van der Waals surface area contributed by atoms with Crippen LogP contribution in [0.2, 0.25) is 0 Å². The molecule has 2 aliphatic heterocycles. The van der Waals surface area contributed by atoms with Gasteiger partial charge in [-0.3, -0.25) is 14.7 Å². The van der Waals surface area contributed by atoms with Crippen LogP contribution >= 0.6 is 0 Å². The zero-order valence-electron chi connectivity index (χ0n) is 17.0. The van der Waals surface area contributed by atoms with Crippen LogP contribution in [0.1, 0.15) is 31.0 Å². The Balaban J connectivity index is 1.17. The summed E-state index contributed by atoms with van der Waals surface area (Å²) in [6, 6.07) is 17.1. The van der Waals surface area contributed by atoms with Crippen molar-refractivity contribution in [3.8, 4) is 17.1 Å². The maximum atomic E-state index is 12.8. The van der Waals surface area contributed by atoms with Crippen molar-refractivity contribution < 1.29 is 14.3 Å². The number of benzene rings is 2. The van der Waals surface area contributed by atoms with Crippen molar-refractivity contribution in [3.63, 3.8) is 0 Å². The number of carbonyl (C=O) groups excluding carboxylic acids is 2. The number of aromatic nitrogens is 3. The molecule has 3 aromatic rings. The number of rotatable bonds is 4. The van der Waals surface area contributed by atoms with E-state index in [4.69, 9.17) is 4.74 Å². The van der Waals surface area contributed by atoms with Gasteiger partial charge in [-0.15, -0.1) is 0 Å². The lowest BCUT2D eigenvalue weighted by molar-refractivity contribution is -0.137. The Hall–Kier alpha value is -3.68. The third-order valence-corrected chi connectivity index (χ3v) is 5.84. The summed E-state index contributed by atoms with van der Waals surface area (Å²) in [5.74, 6) is 2.03. The van der Waals surface area contributed by atoms with Gasteiger partial charge in [0.25, 0.3) is 5.91 Å². The lowest BCUT2D eigenvalue weighted by Crippen LogP contribution is -2.44. The largest absolute Gasteiger partial charge is 0.478 e. The number of fused-ring (bicyclic) bond motifs is 1. The first-order chi connectivity index (χ1) is 15.2. The Bertz CT molecular complexity index is 1090. The number of hydrogen-bond donors (Lipinski definition) is 2. The highest BCUT2D eigenvalue weighted by Gasteiger charge is 2.33. The monoisotopic (exact) mass is 417 g/mol. The van der Waals surface area contributed by atoms with Crippen LogP contribution in [0.5, 0.6) is 5.75 Å². The molecule has 2 aliphatic rings. The molecular weight excluding hydrogens is 394 g/mol. The average molecular weight is 417 g/mol. The van der Waals surface area contributed by atoms with E-state index in [2.05, 4.69) is 20.5 Å². The molecule has 1 aromatic heterocycles. The number of nitrogens with zero attached hydrogens (tertiary/aromatic N) is 3. The minimum absolute atomic E-state index is 0.0330. The Kier molecular flexibility index (Phi) is 5.11. The van der Waals surface area contributed by atoms with Crippen molar-refractivity contribution in [1.82, 2.24) is 20.1 Å². The fourth-order valence-corrected chi connectivity index (χ4v) is 4.09. The van der Waals surface area contributed by atoms with Crippen LogP contribution < -0.4 is 10.1 Å². The van der Waals surface area contributed by atoms with Crippen LogP contribution in [-0.4, -0.2) is 51.1 Å². The van der Waals surface area contributed by atoms with E-state index < -0.39 is 6.10 Å². The third kappa shape index (κ3) is 4.01. The molecule has 1 unspecified atom stereocenters. The van der Waals surface area contributed by atoms with Crippen LogP contribution in [0.4, 0.5) is 5.69 Å². The minimum atomic E-state index is -0.803. The molecule has 8 heteroatoms. The maximum absolute atomic E-state index is 12.8. The van der Waals surface area contributed by atoms with Gasteiger partial charge >= 0.3 is 0 Å². The number of para-hydroxylation sites is 2. The highest BCUT2D eigenvalue weighted by Crippen LogP contribution is 2.31. The van der Waals surface area contributed by atoms with Crippen molar-refractivity contribution in [2.24, 2.45) is 0 Å². The molecule has 1 fully saturated rings. The van der Waals surface area contributed by atoms with E-state index in [1.54, 1.807) is 12.1 Å². The Morgan fingerprint density at radius 1 is 1.06 bits per heavy atom. The number of H-pyrrole nitrogens is 1. The van der Waals surface area contributed by atoms with Gasteiger partial charge in [0.2, 0.25) is 5.91 Å². The van der Waals surface area contributed by atoms with Gasteiger partial charge in [0.1, 0.15) is 11.6 Å². The molecule has 8 nitrogen and oxygen atoms in total. The van der Waals surface area contributed by atoms with Gasteiger partial charge in [0, 0.05) is 24.6 Å². The van der Waals surface area contributed by atoms with Crippen LogP contribution in [0.15, 0.2) is 54.6 Å². The van der Waals surface area contributed by atoms with Gasteiger partial charge in [-0.25, -0.2) is 4.98 Å². The molecule has 2 N–H and O–H groups in total. The van der Waals surface area contributed by atoms with Gasteiger partial charge in [-0.05, 0) is 25.0 Å². The lowest BCUT2D eigenvalue weighted by atomic mass is 9.95. The molecule has 0 saturated carbocycles. The topological polar surface area (TPSA) is 100 Å². The summed E-state index contributed by atoms with van der Waals surface area (Å²) in [6.45, 7) is 1.24. The van der Waals surface area contributed by atoms with Crippen molar-refractivity contribution in [3.05, 3.63) is 60.4 Å². The molecule has 158 valence electrons. The van der Waals surface area contributed by atoms with Crippen LogP contribution in [-0.2, 0) is 9.59 Å². The second kappa shape index (κ2) is 8.22. The molecule has 2 amide bonds. The van der Waals surface area contributed by atoms with E-state index in [1.807, 2.05) is 47.4 Å². The molecule has 0 bridgehead atoms. The molecule has 1 saturated heterocycles. The first-order valence-electron chi connectivity index (χ1n) is 10.5. The number of aromatic amines is 1. The quantitative estimate of drug-likeness (QED) is 0.680. The maximum Gasteiger partial charge on any atom is 0.266 e. The smallest absolute Gasteiger partial charge is 0.266 e. The molecule has 5 rings (SSSR count). The van der Waals surface area contributed by atoms with Crippen LogP contribution in [0.25, 0.3) is 11.4 Å². The Morgan fingerprint density at radius 3 is 2.61 bits per heavy atom. The molecule has 0 aliphatic carbocycles. The number of likely N-dealkylation sites (tertiary alicyclic amines) is 1. The molecule has 0 spiro atoms. The van der Waals surface area contributed by atoms with Gasteiger partial charge in [-0.1, -0.05) is 42.5 Å². The fourth-order valence-electron chi connectivity index (χ4n) is 4.09. The fraction of sp³-hybridized carbons (Fsp3) is 0.304. The summed E-state index contributed by atoms with van der Waals surface area (Å²) in [7, 11) is 0. The van der Waals surface area contributed by atoms with E-state index in [-0.39, 0.29) is 24.2 Å². The average Bonchev–Trinajstić information content (AvgIpc) is 3.31. The SMILES string of the molecule is O=C1Nc2ccccc2OC1CC(=O)N1CCC(c2nc(-c3ccccc3)n[nH]2)CC1. The number of carbonyl (C=O) groups is 2. The van der Waals surface area contributed by atoms with Crippen molar-refractivity contribution in [2.45, 2.75) is 31.3 Å². The number of hydrogen-bond acceptors (Lipinski definition) is 5. The summed E-state index contributed by atoms with van der Waals surface area (Å²) in [6.07, 6.45) is 0.833. The Labute approximate surface area is 179 Å². The highest BCUT2D eigenvalue weighted by molar-refractivity contribution is 5.99. The van der Waals surface area contributed by atoms with E-state index in [9.17, 15) is 9.59 Å². The summed E-state index contributed by atoms with van der Waals surface area (Å²) in [5.41, 5.74) is 1.61. The van der Waals surface area contributed by atoms with E-state index in [0.717, 1.165) is 24.2 Å².